The molecule has 0 amide bonds. The molecule has 4 heteroatoms. The van der Waals surface area contributed by atoms with Crippen molar-refractivity contribution in [3.05, 3.63) is 18.2 Å². The second-order valence-corrected chi connectivity index (χ2v) is 6.02. The number of rotatable bonds is 6. The molecule has 0 atom stereocenters. The lowest BCUT2D eigenvalue weighted by Gasteiger charge is -2.33. The van der Waals surface area contributed by atoms with Gasteiger partial charge in [-0.3, -0.25) is 0 Å². The van der Waals surface area contributed by atoms with Gasteiger partial charge in [-0.1, -0.05) is 6.92 Å². The van der Waals surface area contributed by atoms with Crippen LogP contribution in [0.3, 0.4) is 0 Å². The van der Waals surface area contributed by atoms with Crippen LogP contribution in [-0.4, -0.2) is 40.1 Å². The Morgan fingerprint density at radius 1 is 1.26 bits per heavy atom. The predicted octanol–water partition coefficient (Wildman–Crippen LogP) is 2.18. The molecular formula is C15H26N4. The monoisotopic (exact) mass is 262 g/mol. The van der Waals surface area contributed by atoms with Crippen molar-refractivity contribution in [2.45, 2.75) is 57.7 Å². The third-order valence-electron chi connectivity index (χ3n) is 4.39. The molecule has 1 aromatic rings. The molecule has 0 radical (unpaired) electrons. The molecule has 4 nitrogen and oxygen atoms in total. The van der Waals surface area contributed by atoms with Crippen molar-refractivity contribution in [1.29, 1.82) is 0 Å². The topological polar surface area (TPSA) is 33.1 Å². The summed E-state index contributed by atoms with van der Waals surface area (Å²) in [5.41, 5.74) is 1.36. The van der Waals surface area contributed by atoms with E-state index in [2.05, 4.69) is 26.7 Å². The largest absolute Gasteiger partial charge is 0.330 e. The maximum atomic E-state index is 4.36. The molecule has 0 spiro atoms. The summed E-state index contributed by atoms with van der Waals surface area (Å²) in [5, 5.41) is 3.60. The molecule has 0 aromatic carbocycles. The van der Waals surface area contributed by atoms with Crippen LogP contribution < -0.4 is 5.32 Å². The smallest absolute Gasteiger partial charge is 0.0951 e. The van der Waals surface area contributed by atoms with Gasteiger partial charge in [-0.25, -0.2) is 4.98 Å². The average Bonchev–Trinajstić information content (AvgIpc) is 3.15. The number of hydrogen-bond acceptors (Lipinski definition) is 3. The number of nitrogens with one attached hydrogen (secondary N) is 1. The van der Waals surface area contributed by atoms with Crippen molar-refractivity contribution in [3.63, 3.8) is 0 Å². The first kappa shape index (κ1) is 13.1. The molecule has 106 valence electrons. The van der Waals surface area contributed by atoms with Gasteiger partial charge in [-0.2, -0.15) is 0 Å². The van der Waals surface area contributed by atoms with Crippen LogP contribution in [0.15, 0.2) is 12.5 Å². The molecule has 19 heavy (non-hydrogen) atoms. The quantitative estimate of drug-likeness (QED) is 0.853. The highest BCUT2D eigenvalue weighted by molar-refractivity contribution is 5.02. The molecule has 2 heterocycles. The van der Waals surface area contributed by atoms with Crippen molar-refractivity contribution in [2.24, 2.45) is 0 Å². The minimum absolute atomic E-state index is 0.659. The number of aromatic nitrogens is 2. The minimum atomic E-state index is 0.659. The number of imidazole rings is 1. The van der Waals surface area contributed by atoms with Gasteiger partial charge in [0.2, 0.25) is 0 Å². The van der Waals surface area contributed by atoms with Crippen LogP contribution in [0.2, 0.25) is 0 Å². The van der Waals surface area contributed by atoms with E-state index in [0.717, 1.165) is 12.6 Å². The highest BCUT2D eigenvalue weighted by Gasteiger charge is 2.23. The van der Waals surface area contributed by atoms with Gasteiger partial charge in [0.25, 0.3) is 0 Å². The SMILES string of the molecule is CCCN1CCC(n2cncc2CNC2CC2)CC1. The van der Waals surface area contributed by atoms with Gasteiger partial charge >= 0.3 is 0 Å². The zero-order valence-electron chi connectivity index (χ0n) is 12.0. The Morgan fingerprint density at radius 3 is 2.74 bits per heavy atom. The molecule has 1 saturated carbocycles. The normalized spacial score (nSPS) is 21.9. The van der Waals surface area contributed by atoms with E-state index in [-0.39, 0.29) is 0 Å². The second-order valence-electron chi connectivity index (χ2n) is 6.02. The zero-order chi connectivity index (χ0) is 13.1. The third kappa shape index (κ3) is 3.37. The maximum Gasteiger partial charge on any atom is 0.0951 e. The van der Waals surface area contributed by atoms with Crippen LogP contribution in [0, 0.1) is 0 Å². The van der Waals surface area contributed by atoms with Crippen LogP contribution in [0.25, 0.3) is 0 Å². The van der Waals surface area contributed by atoms with Gasteiger partial charge in [0.1, 0.15) is 0 Å². The first-order valence-corrected chi connectivity index (χ1v) is 7.83. The molecule has 2 fully saturated rings. The highest BCUT2D eigenvalue weighted by Crippen LogP contribution is 2.25. The Balaban J connectivity index is 1.55. The second kappa shape index (κ2) is 6.06. The van der Waals surface area contributed by atoms with Gasteiger partial charge in [0, 0.05) is 37.9 Å². The van der Waals surface area contributed by atoms with E-state index in [4.69, 9.17) is 0 Å². The van der Waals surface area contributed by atoms with E-state index in [1.165, 1.54) is 57.4 Å². The van der Waals surface area contributed by atoms with Crippen molar-refractivity contribution < 1.29 is 0 Å². The van der Waals surface area contributed by atoms with Gasteiger partial charge in [-0.05, 0) is 38.6 Å². The summed E-state index contributed by atoms with van der Waals surface area (Å²) in [6.07, 6.45) is 10.6. The van der Waals surface area contributed by atoms with E-state index in [0.29, 0.717) is 6.04 Å². The van der Waals surface area contributed by atoms with E-state index in [1.807, 2.05) is 12.5 Å². The summed E-state index contributed by atoms with van der Waals surface area (Å²) >= 11 is 0. The summed E-state index contributed by atoms with van der Waals surface area (Å²) < 4.78 is 2.42. The summed E-state index contributed by atoms with van der Waals surface area (Å²) in [4.78, 5) is 6.95. The summed E-state index contributed by atoms with van der Waals surface area (Å²) in [6, 6.07) is 1.43. The van der Waals surface area contributed by atoms with Gasteiger partial charge in [0.05, 0.1) is 12.0 Å². The van der Waals surface area contributed by atoms with Gasteiger partial charge in [0.15, 0.2) is 0 Å². The highest BCUT2D eigenvalue weighted by atomic mass is 15.2. The minimum Gasteiger partial charge on any atom is -0.330 e. The van der Waals surface area contributed by atoms with Gasteiger partial charge in [-0.15, -0.1) is 0 Å². The summed E-state index contributed by atoms with van der Waals surface area (Å²) in [6.45, 7) is 6.99. The van der Waals surface area contributed by atoms with Crippen molar-refractivity contribution in [3.8, 4) is 0 Å². The Morgan fingerprint density at radius 2 is 2.05 bits per heavy atom. The fourth-order valence-corrected chi connectivity index (χ4v) is 3.07. The van der Waals surface area contributed by atoms with E-state index >= 15 is 0 Å². The van der Waals surface area contributed by atoms with E-state index in [9.17, 15) is 0 Å². The molecule has 1 aromatic heterocycles. The van der Waals surface area contributed by atoms with Crippen LogP contribution in [0.5, 0.6) is 0 Å². The van der Waals surface area contributed by atoms with Crippen molar-refractivity contribution >= 4 is 0 Å². The maximum absolute atomic E-state index is 4.36. The fourth-order valence-electron chi connectivity index (χ4n) is 3.07. The van der Waals surface area contributed by atoms with Crippen LogP contribution in [0.1, 0.15) is 50.8 Å². The first-order valence-electron chi connectivity index (χ1n) is 7.83. The van der Waals surface area contributed by atoms with E-state index < -0.39 is 0 Å². The molecule has 0 unspecified atom stereocenters. The lowest BCUT2D eigenvalue weighted by molar-refractivity contribution is 0.185. The summed E-state index contributed by atoms with van der Waals surface area (Å²) in [5.74, 6) is 0. The van der Waals surface area contributed by atoms with Crippen molar-refractivity contribution in [2.75, 3.05) is 19.6 Å². The first-order chi connectivity index (χ1) is 9.36. The van der Waals surface area contributed by atoms with Gasteiger partial charge < -0.3 is 14.8 Å². The molecule has 2 aliphatic rings. The molecular weight excluding hydrogens is 236 g/mol. The predicted molar refractivity (Wildman–Crippen MR) is 77.1 cm³/mol. The lowest BCUT2D eigenvalue weighted by Crippen LogP contribution is -2.35. The number of hydrogen-bond donors (Lipinski definition) is 1. The Bertz CT molecular complexity index is 389. The van der Waals surface area contributed by atoms with Crippen LogP contribution >= 0.6 is 0 Å². The number of piperidine rings is 1. The molecule has 3 rings (SSSR count). The number of likely N-dealkylation sites (tertiary alicyclic amines) is 1. The van der Waals surface area contributed by atoms with E-state index in [1.54, 1.807) is 0 Å². The summed E-state index contributed by atoms with van der Waals surface area (Å²) in [7, 11) is 0. The van der Waals surface area contributed by atoms with Crippen LogP contribution in [-0.2, 0) is 6.54 Å². The van der Waals surface area contributed by atoms with Crippen LogP contribution in [0.4, 0.5) is 0 Å². The Kier molecular flexibility index (Phi) is 4.18. The van der Waals surface area contributed by atoms with Crippen molar-refractivity contribution in [1.82, 2.24) is 19.8 Å². The Labute approximate surface area is 116 Å². The molecule has 1 aliphatic heterocycles. The molecule has 1 aliphatic carbocycles. The average molecular weight is 262 g/mol. The molecule has 1 N–H and O–H groups in total. The zero-order valence-corrected chi connectivity index (χ0v) is 12.0. The molecule has 1 saturated heterocycles. The third-order valence-corrected chi connectivity index (χ3v) is 4.39. The lowest BCUT2D eigenvalue weighted by atomic mass is 10.0. The Hall–Kier alpha value is -0.870. The standard InChI is InChI=1S/C15H26N4/c1-2-7-18-8-5-14(6-9-18)19-12-16-10-15(19)11-17-13-3-4-13/h10,12-14,17H,2-9,11H2,1H3. The molecule has 0 bridgehead atoms. The fraction of sp³-hybridized carbons (Fsp3) is 0.800. The number of nitrogens with zero attached hydrogens (tertiary/aromatic N) is 3.